The monoisotopic (exact) mass is 477 g/mol. The van der Waals surface area contributed by atoms with Crippen molar-refractivity contribution in [2.24, 2.45) is 0 Å². The number of benzene rings is 3. The van der Waals surface area contributed by atoms with Crippen LogP contribution in [0.15, 0.2) is 95.1 Å². The molecule has 0 fully saturated rings. The zero-order valence-corrected chi connectivity index (χ0v) is 19.2. The summed E-state index contributed by atoms with van der Waals surface area (Å²) < 4.78 is 2.44. The van der Waals surface area contributed by atoms with E-state index in [0.29, 0.717) is 28.2 Å². The van der Waals surface area contributed by atoms with E-state index in [1.54, 1.807) is 4.57 Å². The quantitative estimate of drug-likeness (QED) is 0.350. The lowest BCUT2D eigenvalue weighted by Crippen LogP contribution is -2.22. The van der Waals surface area contributed by atoms with Gasteiger partial charge in [-0.05, 0) is 38.9 Å². The number of nitrogens with one attached hydrogen (secondary N) is 1. The van der Waals surface area contributed by atoms with E-state index in [2.05, 4.69) is 20.6 Å². The maximum Gasteiger partial charge on any atom is 0.263 e. The van der Waals surface area contributed by atoms with Gasteiger partial charge >= 0.3 is 0 Å². The Balaban J connectivity index is 1.40. The molecule has 6 rings (SSSR count). The number of aromatic amines is 1. The van der Waals surface area contributed by atoms with Crippen LogP contribution in [0.5, 0.6) is 5.75 Å². The molecule has 0 aliphatic rings. The number of tetrazole rings is 1. The summed E-state index contributed by atoms with van der Waals surface area (Å²) >= 11 is 1.43. The number of hydrogen-bond donors (Lipinski definition) is 2. The highest BCUT2D eigenvalue weighted by atomic mass is 32.1. The van der Waals surface area contributed by atoms with Crippen LogP contribution in [0.3, 0.4) is 0 Å². The number of fused-ring (bicyclic) bond motifs is 1. The summed E-state index contributed by atoms with van der Waals surface area (Å²) in [6.07, 6.45) is 0. The second-order valence-corrected chi connectivity index (χ2v) is 9.01. The molecule has 170 valence electrons. The molecule has 35 heavy (non-hydrogen) atoms. The number of thiophene rings is 1. The highest BCUT2D eigenvalue weighted by Crippen LogP contribution is 2.36. The van der Waals surface area contributed by atoms with Gasteiger partial charge in [-0.3, -0.25) is 4.79 Å². The zero-order chi connectivity index (χ0) is 23.8. The van der Waals surface area contributed by atoms with Gasteiger partial charge in [-0.15, -0.1) is 21.5 Å². The van der Waals surface area contributed by atoms with Crippen LogP contribution >= 0.6 is 11.3 Å². The van der Waals surface area contributed by atoms with Gasteiger partial charge in [0.1, 0.15) is 5.75 Å². The van der Waals surface area contributed by atoms with Gasteiger partial charge in [-0.1, -0.05) is 78.9 Å². The lowest BCUT2D eigenvalue weighted by atomic mass is 9.98. The SMILES string of the molecule is O=c1c(-c2ccccc2)c(O)c2sccc2n1Cc1ccc(-c2ccccc2-c2nn[nH]n2)cc1. The minimum Gasteiger partial charge on any atom is -0.506 e. The Kier molecular flexibility index (Phi) is 5.20. The molecule has 0 amide bonds. The summed E-state index contributed by atoms with van der Waals surface area (Å²) in [7, 11) is 0. The first-order valence-corrected chi connectivity index (χ1v) is 11.9. The summed E-state index contributed by atoms with van der Waals surface area (Å²) in [5, 5.41) is 27.2. The number of rotatable bonds is 5. The second-order valence-electron chi connectivity index (χ2n) is 8.09. The van der Waals surface area contributed by atoms with Gasteiger partial charge in [0, 0.05) is 5.56 Å². The number of pyridine rings is 1. The molecule has 0 radical (unpaired) electrons. The lowest BCUT2D eigenvalue weighted by molar-refractivity contribution is 0.482. The number of nitrogens with zero attached hydrogens (tertiary/aromatic N) is 4. The predicted molar refractivity (Wildman–Crippen MR) is 137 cm³/mol. The normalized spacial score (nSPS) is 11.2. The van der Waals surface area contributed by atoms with Crippen molar-refractivity contribution in [1.82, 2.24) is 25.2 Å². The smallest absolute Gasteiger partial charge is 0.263 e. The average Bonchev–Trinajstić information content (AvgIpc) is 3.61. The van der Waals surface area contributed by atoms with Gasteiger partial charge in [-0.2, -0.15) is 5.21 Å². The third-order valence-corrected chi connectivity index (χ3v) is 6.94. The predicted octanol–water partition coefficient (Wildman–Crippen LogP) is 5.33. The standard InChI is InChI=1S/C27H19N5O2S/c33-24-23(19-6-2-1-3-7-19)27(34)32(22-14-15-35-25(22)24)16-17-10-12-18(13-11-17)20-8-4-5-9-21(20)26-28-30-31-29-26/h1-15,33H,16H2,(H,28,29,30,31). The van der Waals surface area contributed by atoms with E-state index in [4.69, 9.17) is 0 Å². The molecule has 0 aliphatic carbocycles. The molecule has 0 unspecified atom stereocenters. The summed E-state index contributed by atoms with van der Waals surface area (Å²) in [5.74, 6) is 0.574. The molecule has 2 N–H and O–H groups in total. The molecule has 0 saturated carbocycles. The van der Waals surface area contributed by atoms with Gasteiger partial charge in [-0.25, -0.2) is 0 Å². The second kappa shape index (κ2) is 8.66. The molecule has 0 spiro atoms. The van der Waals surface area contributed by atoms with E-state index in [0.717, 1.165) is 27.8 Å². The first-order valence-electron chi connectivity index (χ1n) is 11.0. The van der Waals surface area contributed by atoms with Crippen molar-refractivity contribution in [2.75, 3.05) is 0 Å². The van der Waals surface area contributed by atoms with E-state index in [-0.39, 0.29) is 11.3 Å². The Labute approximate surface area is 204 Å². The lowest BCUT2D eigenvalue weighted by Gasteiger charge is -2.14. The van der Waals surface area contributed by atoms with E-state index in [1.165, 1.54) is 11.3 Å². The minimum atomic E-state index is -0.217. The topological polar surface area (TPSA) is 96.7 Å². The molecule has 0 saturated heterocycles. The first kappa shape index (κ1) is 21.0. The van der Waals surface area contributed by atoms with E-state index >= 15 is 0 Å². The van der Waals surface area contributed by atoms with Crippen LogP contribution in [0.1, 0.15) is 5.56 Å². The van der Waals surface area contributed by atoms with E-state index in [9.17, 15) is 9.90 Å². The van der Waals surface area contributed by atoms with Gasteiger partial charge in [0.2, 0.25) is 5.82 Å². The highest BCUT2D eigenvalue weighted by Gasteiger charge is 2.19. The Hall–Kier alpha value is -4.56. The fourth-order valence-corrected chi connectivity index (χ4v) is 5.20. The molecular weight excluding hydrogens is 458 g/mol. The van der Waals surface area contributed by atoms with Crippen LogP contribution in [0.2, 0.25) is 0 Å². The molecule has 3 aromatic carbocycles. The number of hydrogen-bond acceptors (Lipinski definition) is 6. The molecule has 6 aromatic rings. The third-order valence-electron chi connectivity index (χ3n) is 6.03. The average molecular weight is 478 g/mol. The zero-order valence-electron chi connectivity index (χ0n) is 18.4. The maximum absolute atomic E-state index is 13.6. The summed E-state index contributed by atoms with van der Waals surface area (Å²) in [6.45, 7) is 0.388. The molecule has 8 heteroatoms. The summed E-state index contributed by atoms with van der Waals surface area (Å²) in [6, 6.07) is 27.2. The molecule has 7 nitrogen and oxygen atoms in total. The first-order chi connectivity index (χ1) is 17.2. The Morgan fingerprint density at radius 2 is 1.60 bits per heavy atom. The Morgan fingerprint density at radius 1 is 0.857 bits per heavy atom. The van der Waals surface area contributed by atoms with Crippen molar-refractivity contribution in [2.45, 2.75) is 6.54 Å². The van der Waals surface area contributed by atoms with Gasteiger partial charge in [0.05, 0.1) is 22.3 Å². The van der Waals surface area contributed by atoms with Crippen molar-refractivity contribution < 1.29 is 5.11 Å². The van der Waals surface area contributed by atoms with Crippen LogP contribution in [-0.4, -0.2) is 30.3 Å². The fourth-order valence-electron chi connectivity index (χ4n) is 4.35. The highest BCUT2D eigenvalue weighted by molar-refractivity contribution is 7.17. The summed E-state index contributed by atoms with van der Waals surface area (Å²) in [4.78, 5) is 13.6. The Bertz CT molecular complexity index is 1690. The molecule has 0 aliphatic heterocycles. The van der Waals surface area contributed by atoms with E-state index in [1.807, 2.05) is 90.3 Å². The van der Waals surface area contributed by atoms with Gasteiger partial charge < -0.3 is 9.67 Å². The maximum atomic E-state index is 13.6. The van der Waals surface area contributed by atoms with Crippen molar-refractivity contribution in [3.05, 3.63) is 106 Å². The van der Waals surface area contributed by atoms with E-state index < -0.39 is 0 Å². The van der Waals surface area contributed by atoms with Crippen molar-refractivity contribution in [3.8, 4) is 39.4 Å². The van der Waals surface area contributed by atoms with Crippen LogP contribution in [-0.2, 0) is 6.54 Å². The minimum absolute atomic E-state index is 0.0378. The Morgan fingerprint density at radius 3 is 2.34 bits per heavy atom. The van der Waals surface area contributed by atoms with Crippen LogP contribution in [0.4, 0.5) is 0 Å². The summed E-state index contributed by atoms with van der Waals surface area (Å²) in [5.41, 5.74) is 5.40. The number of H-pyrrole nitrogens is 1. The van der Waals surface area contributed by atoms with Crippen LogP contribution in [0, 0.1) is 0 Å². The molecular formula is C27H19N5O2S. The molecule has 3 heterocycles. The van der Waals surface area contributed by atoms with Crippen molar-refractivity contribution in [1.29, 1.82) is 0 Å². The van der Waals surface area contributed by atoms with Crippen LogP contribution in [0.25, 0.3) is 43.9 Å². The largest absolute Gasteiger partial charge is 0.506 e. The number of aromatic nitrogens is 5. The third kappa shape index (κ3) is 3.70. The van der Waals surface area contributed by atoms with Crippen molar-refractivity contribution >= 4 is 21.6 Å². The van der Waals surface area contributed by atoms with Gasteiger partial charge in [0.25, 0.3) is 5.56 Å². The fraction of sp³-hybridized carbons (Fsp3) is 0.0370. The molecule has 0 bridgehead atoms. The van der Waals surface area contributed by atoms with Gasteiger partial charge in [0.15, 0.2) is 0 Å². The molecule has 3 aromatic heterocycles. The number of aromatic hydroxyl groups is 1. The van der Waals surface area contributed by atoms with Crippen LogP contribution < -0.4 is 5.56 Å². The molecule has 0 atom stereocenters. The van der Waals surface area contributed by atoms with Crippen molar-refractivity contribution in [3.63, 3.8) is 0 Å².